The maximum absolute atomic E-state index is 13.8. The third-order valence-corrected chi connectivity index (χ3v) is 4.61. The third-order valence-electron chi connectivity index (χ3n) is 3.07. The Morgan fingerprint density at radius 2 is 1.76 bits per heavy atom. The first-order chi connectivity index (χ1) is 10.0. The van der Waals surface area contributed by atoms with Gasteiger partial charge in [0.25, 0.3) is 0 Å². The summed E-state index contributed by atoms with van der Waals surface area (Å²) >= 11 is 4.75. The van der Waals surface area contributed by atoms with Crippen LogP contribution < -0.4 is 0 Å². The highest BCUT2D eigenvalue weighted by Crippen LogP contribution is 2.34. The van der Waals surface area contributed by atoms with E-state index in [1.54, 1.807) is 0 Å². The number of hydrogen-bond donors (Lipinski definition) is 0. The normalized spacial score (nSPS) is 10.9. The van der Waals surface area contributed by atoms with Gasteiger partial charge in [-0.15, -0.1) is 11.3 Å². The molecule has 3 aromatic rings. The Kier molecular flexibility index (Phi) is 3.87. The number of aromatic nitrogens is 1. The molecule has 5 heteroatoms. The van der Waals surface area contributed by atoms with Crippen molar-refractivity contribution in [3.05, 3.63) is 63.4 Å². The molecule has 2 aromatic carbocycles. The van der Waals surface area contributed by atoms with Crippen LogP contribution in [0.15, 0.2) is 46.9 Å². The molecule has 0 spiro atoms. The first-order valence-electron chi connectivity index (χ1n) is 6.23. The minimum Gasteiger partial charge on any atom is -0.236 e. The zero-order valence-electron chi connectivity index (χ0n) is 11.0. The van der Waals surface area contributed by atoms with Gasteiger partial charge in [0, 0.05) is 20.5 Å². The second-order valence-corrected chi connectivity index (χ2v) is 6.67. The summed E-state index contributed by atoms with van der Waals surface area (Å²) in [5.41, 5.74) is 1.95. The SMILES string of the molecule is Cc1sc(-c2cc(F)ccc2F)nc1-c1ccc(Br)cc1. The number of benzene rings is 2. The summed E-state index contributed by atoms with van der Waals surface area (Å²) in [5.74, 6) is -0.933. The molecule has 106 valence electrons. The highest BCUT2D eigenvalue weighted by molar-refractivity contribution is 9.10. The topological polar surface area (TPSA) is 12.9 Å². The van der Waals surface area contributed by atoms with Crippen LogP contribution in [0.3, 0.4) is 0 Å². The van der Waals surface area contributed by atoms with Crippen LogP contribution in [0.4, 0.5) is 8.78 Å². The highest BCUT2D eigenvalue weighted by Gasteiger charge is 2.15. The van der Waals surface area contributed by atoms with Gasteiger partial charge in [0.2, 0.25) is 0 Å². The van der Waals surface area contributed by atoms with Gasteiger partial charge in [-0.3, -0.25) is 0 Å². The Morgan fingerprint density at radius 1 is 1.05 bits per heavy atom. The smallest absolute Gasteiger partial charge is 0.133 e. The van der Waals surface area contributed by atoms with Crippen molar-refractivity contribution in [1.82, 2.24) is 4.98 Å². The van der Waals surface area contributed by atoms with Gasteiger partial charge in [0.1, 0.15) is 16.6 Å². The largest absolute Gasteiger partial charge is 0.236 e. The second kappa shape index (κ2) is 5.66. The van der Waals surface area contributed by atoms with Gasteiger partial charge in [0.05, 0.1) is 5.69 Å². The van der Waals surface area contributed by atoms with Crippen LogP contribution >= 0.6 is 27.3 Å². The van der Waals surface area contributed by atoms with E-state index in [0.717, 1.165) is 32.7 Å². The van der Waals surface area contributed by atoms with Crippen molar-refractivity contribution >= 4 is 27.3 Å². The van der Waals surface area contributed by atoms with Gasteiger partial charge >= 0.3 is 0 Å². The third kappa shape index (κ3) is 2.89. The van der Waals surface area contributed by atoms with E-state index < -0.39 is 11.6 Å². The Hall–Kier alpha value is -1.59. The number of rotatable bonds is 2. The monoisotopic (exact) mass is 365 g/mol. The van der Waals surface area contributed by atoms with E-state index in [1.807, 2.05) is 31.2 Å². The maximum Gasteiger partial charge on any atom is 0.133 e. The van der Waals surface area contributed by atoms with Gasteiger partial charge in [-0.2, -0.15) is 0 Å². The van der Waals surface area contributed by atoms with E-state index >= 15 is 0 Å². The number of hydrogen-bond acceptors (Lipinski definition) is 2. The summed E-state index contributed by atoms with van der Waals surface area (Å²) < 4.78 is 28.1. The van der Waals surface area contributed by atoms with E-state index in [-0.39, 0.29) is 5.56 Å². The lowest BCUT2D eigenvalue weighted by atomic mass is 10.1. The number of thiazole rings is 1. The fourth-order valence-electron chi connectivity index (χ4n) is 2.05. The number of aryl methyl sites for hydroxylation is 1. The zero-order chi connectivity index (χ0) is 15.0. The Labute approximate surface area is 133 Å². The lowest BCUT2D eigenvalue weighted by Crippen LogP contribution is -1.86. The van der Waals surface area contributed by atoms with E-state index in [9.17, 15) is 8.78 Å². The molecular formula is C16H10BrF2NS. The van der Waals surface area contributed by atoms with Crippen molar-refractivity contribution in [3.63, 3.8) is 0 Å². The first-order valence-corrected chi connectivity index (χ1v) is 7.84. The van der Waals surface area contributed by atoms with Crippen LogP contribution in [0, 0.1) is 18.6 Å². The predicted molar refractivity (Wildman–Crippen MR) is 85.3 cm³/mol. The molecule has 21 heavy (non-hydrogen) atoms. The molecule has 0 atom stereocenters. The molecule has 0 fully saturated rings. The van der Waals surface area contributed by atoms with Gasteiger partial charge in [-0.05, 0) is 37.3 Å². The van der Waals surface area contributed by atoms with Crippen molar-refractivity contribution in [2.45, 2.75) is 6.92 Å². The number of nitrogens with zero attached hydrogens (tertiary/aromatic N) is 1. The fourth-order valence-corrected chi connectivity index (χ4v) is 3.27. The molecule has 0 aliphatic carbocycles. The molecular weight excluding hydrogens is 356 g/mol. The molecule has 0 bridgehead atoms. The predicted octanol–water partition coefficient (Wildman–Crippen LogP) is 5.83. The quantitative estimate of drug-likeness (QED) is 0.556. The standard InChI is InChI=1S/C16H10BrF2NS/c1-9-15(10-2-4-11(17)5-3-10)20-16(21-9)13-8-12(18)6-7-14(13)19/h2-8H,1H3. The van der Waals surface area contributed by atoms with Crippen LogP contribution in [0.5, 0.6) is 0 Å². The number of halogens is 3. The summed E-state index contributed by atoms with van der Waals surface area (Å²) in [6.45, 7) is 1.93. The van der Waals surface area contributed by atoms with E-state index in [2.05, 4.69) is 20.9 Å². The van der Waals surface area contributed by atoms with Crippen LogP contribution in [-0.2, 0) is 0 Å². The van der Waals surface area contributed by atoms with Gasteiger partial charge < -0.3 is 0 Å². The van der Waals surface area contributed by atoms with Crippen molar-refractivity contribution in [1.29, 1.82) is 0 Å². The average molecular weight is 366 g/mol. The first kappa shape index (κ1) is 14.4. The van der Waals surface area contributed by atoms with Crippen molar-refractivity contribution in [3.8, 4) is 21.8 Å². The van der Waals surface area contributed by atoms with Crippen LogP contribution in [-0.4, -0.2) is 4.98 Å². The zero-order valence-corrected chi connectivity index (χ0v) is 13.4. The van der Waals surface area contributed by atoms with Gasteiger partial charge in [0.15, 0.2) is 0 Å². The van der Waals surface area contributed by atoms with Gasteiger partial charge in [-0.1, -0.05) is 28.1 Å². The Balaban J connectivity index is 2.09. The molecule has 1 nitrogen and oxygen atoms in total. The van der Waals surface area contributed by atoms with Crippen molar-refractivity contribution in [2.75, 3.05) is 0 Å². The van der Waals surface area contributed by atoms with Crippen LogP contribution in [0.25, 0.3) is 21.8 Å². The van der Waals surface area contributed by atoms with E-state index in [4.69, 9.17) is 0 Å². The molecule has 0 N–H and O–H groups in total. The molecule has 1 heterocycles. The van der Waals surface area contributed by atoms with E-state index in [0.29, 0.717) is 5.01 Å². The molecule has 0 aliphatic rings. The molecule has 0 saturated heterocycles. The molecule has 0 saturated carbocycles. The van der Waals surface area contributed by atoms with Crippen LogP contribution in [0.1, 0.15) is 4.88 Å². The van der Waals surface area contributed by atoms with Crippen LogP contribution in [0.2, 0.25) is 0 Å². The molecule has 0 amide bonds. The lowest BCUT2D eigenvalue weighted by Gasteiger charge is -2.00. The molecule has 3 rings (SSSR count). The summed E-state index contributed by atoms with van der Waals surface area (Å²) in [6, 6.07) is 11.2. The summed E-state index contributed by atoms with van der Waals surface area (Å²) in [7, 11) is 0. The van der Waals surface area contributed by atoms with E-state index in [1.165, 1.54) is 17.4 Å². The van der Waals surface area contributed by atoms with Crippen molar-refractivity contribution in [2.24, 2.45) is 0 Å². The summed E-state index contributed by atoms with van der Waals surface area (Å²) in [6.07, 6.45) is 0. The average Bonchev–Trinajstić information content (AvgIpc) is 2.84. The molecule has 0 radical (unpaired) electrons. The highest BCUT2D eigenvalue weighted by atomic mass is 79.9. The molecule has 0 unspecified atom stereocenters. The Morgan fingerprint density at radius 3 is 2.48 bits per heavy atom. The summed E-state index contributed by atoms with van der Waals surface area (Å²) in [4.78, 5) is 5.45. The molecule has 1 aromatic heterocycles. The van der Waals surface area contributed by atoms with Gasteiger partial charge in [-0.25, -0.2) is 13.8 Å². The van der Waals surface area contributed by atoms with Crippen molar-refractivity contribution < 1.29 is 8.78 Å². The Bertz CT molecular complexity index is 797. The fraction of sp³-hybridized carbons (Fsp3) is 0.0625. The maximum atomic E-state index is 13.8. The second-order valence-electron chi connectivity index (χ2n) is 4.55. The lowest BCUT2D eigenvalue weighted by molar-refractivity contribution is 0.603. The molecule has 0 aliphatic heterocycles. The summed E-state index contributed by atoms with van der Waals surface area (Å²) in [5, 5.41) is 0.488. The minimum absolute atomic E-state index is 0.200. The minimum atomic E-state index is -0.468.